The Bertz CT molecular complexity index is 439. The number of hydrogen-bond acceptors (Lipinski definition) is 5. The minimum absolute atomic E-state index is 0.138. The van der Waals surface area contributed by atoms with Crippen LogP contribution >= 0.6 is 11.6 Å². The number of halogens is 1. The highest BCUT2D eigenvalue weighted by molar-refractivity contribution is 7.91. The highest BCUT2D eigenvalue weighted by Gasteiger charge is 2.32. The van der Waals surface area contributed by atoms with Crippen LogP contribution in [0.15, 0.2) is 17.6 Å². The van der Waals surface area contributed by atoms with Crippen molar-refractivity contribution < 1.29 is 8.42 Å². The summed E-state index contributed by atoms with van der Waals surface area (Å²) in [6.45, 7) is 1.19. The van der Waals surface area contributed by atoms with Gasteiger partial charge >= 0.3 is 0 Å². The Morgan fingerprint density at radius 1 is 1.40 bits per heavy atom. The van der Waals surface area contributed by atoms with Gasteiger partial charge in [-0.25, -0.2) is 18.4 Å². The normalized spacial score (nSPS) is 21.8. The van der Waals surface area contributed by atoms with E-state index in [4.69, 9.17) is 11.6 Å². The highest BCUT2D eigenvalue weighted by Crippen LogP contribution is 2.17. The van der Waals surface area contributed by atoms with E-state index >= 15 is 0 Å². The number of nitrogens with zero attached hydrogens (tertiary/aromatic N) is 2. The molecule has 1 fully saturated rings. The van der Waals surface area contributed by atoms with E-state index in [0.717, 1.165) is 6.54 Å². The van der Waals surface area contributed by atoms with Crippen molar-refractivity contribution in [2.75, 3.05) is 13.1 Å². The fourth-order valence-corrected chi connectivity index (χ4v) is 3.05. The summed E-state index contributed by atoms with van der Waals surface area (Å²) >= 11 is 5.59. The monoisotopic (exact) mass is 247 g/mol. The van der Waals surface area contributed by atoms with Gasteiger partial charge in [-0.05, 0) is 13.0 Å². The lowest BCUT2D eigenvalue weighted by atomic mass is 10.4. The molecule has 0 bridgehead atoms. The van der Waals surface area contributed by atoms with Gasteiger partial charge in [0.1, 0.15) is 0 Å². The van der Waals surface area contributed by atoms with Crippen LogP contribution in [0.25, 0.3) is 0 Å². The second kappa shape index (κ2) is 4.03. The maximum absolute atomic E-state index is 11.9. The SMILES string of the molecule is O=S(=O)(c1ncc(Cl)cn1)[C@@H]1CCNC1. The second-order valence-electron chi connectivity index (χ2n) is 3.34. The summed E-state index contributed by atoms with van der Waals surface area (Å²) in [6, 6.07) is 0. The van der Waals surface area contributed by atoms with Crippen molar-refractivity contribution in [3.63, 3.8) is 0 Å². The van der Waals surface area contributed by atoms with Crippen LogP contribution < -0.4 is 5.32 Å². The van der Waals surface area contributed by atoms with E-state index < -0.39 is 15.1 Å². The Kier molecular flexibility index (Phi) is 2.90. The first-order valence-corrected chi connectivity index (χ1v) is 6.45. The van der Waals surface area contributed by atoms with Crippen LogP contribution in [-0.2, 0) is 9.84 Å². The Morgan fingerprint density at radius 2 is 2.07 bits per heavy atom. The lowest BCUT2D eigenvalue weighted by Crippen LogP contribution is -2.25. The van der Waals surface area contributed by atoms with Gasteiger partial charge in [0, 0.05) is 6.54 Å². The third-order valence-corrected chi connectivity index (χ3v) is 4.50. The van der Waals surface area contributed by atoms with Crippen LogP contribution in [0.5, 0.6) is 0 Å². The zero-order valence-electron chi connectivity index (χ0n) is 7.85. The van der Waals surface area contributed by atoms with Crippen molar-refractivity contribution in [2.45, 2.75) is 16.8 Å². The van der Waals surface area contributed by atoms with Crippen LogP contribution in [0.3, 0.4) is 0 Å². The first-order chi connectivity index (χ1) is 7.10. The van der Waals surface area contributed by atoms with Crippen LogP contribution in [0.2, 0.25) is 5.02 Å². The molecule has 7 heteroatoms. The summed E-state index contributed by atoms with van der Waals surface area (Å²) in [5.41, 5.74) is 0. The maximum Gasteiger partial charge on any atom is 0.247 e. The molecule has 0 amide bonds. The molecule has 1 aromatic heterocycles. The Morgan fingerprint density at radius 3 is 2.60 bits per heavy atom. The van der Waals surface area contributed by atoms with Crippen LogP contribution in [-0.4, -0.2) is 36.7 Å². The van der Waals surface area contributed by atoms with E-state index in [9.17, 15) is 8.42 Å². The molecule has 0 saturated carbocycles. The molecule has 1 saturated heterocycles. The van der Waals surface area contributed by atoms with Gasteiger partial charge < -0.3 is 5.32 Å². The van der Waals surface area contributed by atoms with E-state index in [1.54, 1.807) is 0 Å². The molecular formula is C8H10ClN3O2S. The fraction of sp³-hybridized carbons (Fsp3) is 0.500. The molecule has 0 unspecified atom stereocenters. The highest BCUT2D eigenvalue weighted by atomic mass is 35.5. The quantitative estimate of drug-likeness (QED) is 0.760. The van der Waals surface area contributed by atoms with Crippen molar-refractivity contribution in [1.82, 2.24) is 15.3 Å². The molecule has 1 atom stereocenters. The van der Waals surface area contributed by atoms with Gasteiger partial charge in [-0.2, -0.15) is 0 Å². The van der Waals surface area contributed by atoms with Gasteiger partial charge in [0.15, 0.2) is 0 Å². The van der Waals surface area contributed by atoms with Gasteiger partial charge in [0.25, 0.3) is 0 Å². The third-order valence-electron chi connectivity index (χ3n) is 2.31. The van der Waals surface area contributed by atoms with Crippen LogP contribution in [0, 0.1) is 0 Å². The molecule has 5 nitrogen and oxygen atoms in total. The Balaban J connectivity index is 2.32. The van der Waals surface area contributed by atoms with Crippen molar-refractivity contribution in [2.24, 2.45) is 0 Å². The zero-order chi connectivity index (χ0) is 10.9. The lowest BCUT2D eigenvalue weighted by molar-refractivity contribution is 0.573. The average molecular weight is 248 g/mol. The van der Waals surface area contributed by atoms with Gasteiger partial charge in [-0.1, -0.05) is 11.6 Å². The number of nitrogens with one attached hydrogen (secondary N) is 1. The van der Waals surface area contributed by atoms with E-state index in [2.05, 4.69) is 15.3 Å². The third kappa shape index (κ3) is 2.11. The van der Waals surface area contributed by atoms with Gasteiger partial charge in [-0.3, -0.25) is 0 Å². The van der Waals surface area contributed by atoms with E-state index in [1.165, 1.54) is 12.4 Å². The molecule has 1 aliphatic heterocycles. The Labute approximate surface area is 92.8 Å². The summed E-state index contributed by atoms with van der Waals surface area (Å²) in [5.74, 6) is 0. The van der Waals surface area contributed by atoms with Crippen molar-refractivity contribution in [3.05, 3.63) is 17.4 Å². The number of sulfone groups is 1. The standard InChI is InChI=1S/C8H10ClN3O2S/c9-6-3-11-8(12-4-6)15(13,14)7-1-2-10-5-7/h3-4,7,10H,1-2,5H2/t7-/m1/s1. The number of aromatic nitrogens is 2. The van der Waals surface area contributed by atoms with Crippen LogP contribution in [0.1, 0.15) is 6.42 Å². The first-order valence-electron chi connectivity index (χ1n) is 4.53. The molecule has 1 N–H and O–H groups in total. The lowest BCUT2D eigenvalue weighted by Gasteiger charge is -2.07. The molecule has 0 aliphatic carbocycles. The minimum atomic E-state index is -3.40. The summed E-state index contributed by atoms with van der Waals surface area (Å²) in [5, 5.41) is 2.77. The van der Waals surface area contributed by atoms with E-state index in [1.807, 2.05) is 0 Å². The fourth-order valence-electron chi connectivity index (χ4n) is 1.49. The van der Waals surface area contributed by atoms with Crippen molar-refractivity contribution in [1.29, 1.82) is 0 Å². The molecule has 0 spiro atoms. The average Bonchev–Trinajstić information content (AvgIpc) is 2.71. The van der Waals surface area contributed by atoms with Gasteiger partial charge in [0.2, 0.25) is 15.0 Å². The second-order valence-corrected chi connectivity index (χ2v) is 5.90. The van der Waals surface area contributed by atoms with Gasteiger partial charge in [-0.15, -0.1) is 0 Å². The van der Waals surface area contributed by atoms with E-state index in [0.29, 0.717) is 18.0 Å². The summed E-state index contributed by atoms with van der Waals surface area (Å²) < 4.78 is 23.9. The number of rotatable bonds is 2. The molecule has 0 radical (unpaired) electrons. The van der Waals surface area contributed by atoms with Crippen molar-refractivity contribution in [3.8, 4) is 0 Å². The molecule has 15 heavy (non-hydrogen) atoms. The zero-order valence-corrected chi connectivity index (χ0v) is 9.42. The molecule has 2 heterocycles. The predicted octanol–water partition coefficient (Wildman–Crippen LogP) is 0.266. The Hall–Kier alpha value is -0.720. The maximum atomic E-state index is 11.9. The minimum Gasteiger partial charge on any atom is -0.315 e. The summed E-state index contributed by atoms with van der Waals surface area (Å²) in [6.07, 6.45) is 3.20. The summed E-state index contributed by atoms with van der Waals surface area (Å²) in [4.78, 5) is 7.47. The predicted molar refractivity (Wildman–Crippen MR) is 55.5 cm³/mol. The topological polar surface area (TPSA) is 72.0 Å². The van der Waals surface area contributed by atoms with Crippen molar-refractivity contribution >= 4 is 21.4 Å². The van der Waals surface area contributed by atoms with E-state index in [-0.39, 0.29) is 5.16 Å². The van der Waals surface area contributed by atoms with Gasteiger partial charge in [0.05, 0.1) is 22.7 Å². The molecule has 1 aromatic rings. The molecule has 0 aromatic carbocycles. The molecule has 1 aliphatic rings. The molecule has 2 rings (SSSR count). The largest absolute Gasteiger partial charge is 0.315 e. The number of hydrogen-bond donors (Lipinski definition) is 1. The first kappa shape index (κ1) is 10.8. The van der Waals surface area contributed by atoms with Crippen LogP contribution in [0.4, 0.5) is 0 Å². The summed E-state index contributed by atoms with van der Waals surface area (Å²) in [7, 11) is -3.40. The smallest absolute Gasteiger partial charge is 0.247 e. The molecule has 82 valence electrons. The molecular weight excluding hydrogens is 238 g/mol.